The first-order valence-electron chi connectivity index (χ1n) is 6.62. The molecule has 0 spiro atoms. The highest BCUT2D eigenvalue weighted by Gasteiger charge is 2.08. The van der Waals surface area contributed by atoms with Crippen molar-refractivity contribution < 1.29 is 0 Å². The third-order valence-corrected chi connectivity index (χ3v) is 3.30. The maximum Gasteiger partial charge on any atom is 0.000726 e. The molecule has 2 heteroatoms. The van der Waals surface area contributed by atoms with Gasteiger partial charge in [-0.15, -0.1) is 0 Å². The van der Waals surface area contributed by atoms with Gasteiger partial charge in [-0.3, -0.25) is 0 Å². The summed E-state index contributed by atoms with van der Waals surface area (Å²) in [7, 11) is 0. The fourth-order valence-corrected chi connectivity index (χ4v) is 1.96. The van der Waals surface area contributed by atoms with E-state index in [0.29, 0.717) is 0 Å². The minimum Gasteiger partial charge on any atom is -0.304 e. The van der Waals surface area contributed by atoms with E-state index in [-0.39, 0.29) is 0 Å². The van der Waals surface area contributed by atoms with E-state index in [0.717, 1.165) is 5.92 Å². The summed E-state index contributed by atoms with van der Waals surface area (Å²) >= 11 is 0. The van der Waals surface area contributed by atoms with Crippen LogP contribution in [0.1, 0.15) is 41.0 Å². The number of hydrogen-bond donors (Lipinski definition) is 0. The Morgan fingerprint density at radius 3 is 1.67 bits per heavy atom. The predicted octanol–water partition coefficient (Wildman–Crippen LogP) is 2.70. The molecule has 0 radical (unpaired) electrons. The van der Waals surface area contributed by atoms with Crippen molar-refractivity contribution in [3.05, 3.63) is 0 Å². The van der Waals surface area contributed by atoms with E-state index in [9.17, 15) is 0 Å². The van der Waals surface area contributed by atoms with Gasteiger partial charge in [0, 0.05) is 6.54 Å². The van der Waals surface area contributed by atoms with Crippen LogP contribution in [0, 0.1) is 5.92 Å². The SMILES string of the molecule is CCN(CC)CCC(C)CN(CC)CC. The van der Waals surface area contributed by atoms with Crippen molar-refractivity contribution in [1.29, 1.82) is 0 Å². The fourth-order valence-electron chi connectivity index (χ4n) is 1.96. The Bertz CT molecular complexity index is 128. The summed E-state index contributed by atoms with van der Waals surface area (Å²) in [6.45, 7) is 18.6. The maximum absolute atomic E-state index is 2.52. The molecule has 0 amide bonds. The Labute approximate surface area is 96.6 Å². The molecule has 0 saturated heterocycles. The molecular weight excluding hydrogens is 184 g/mol. The highest BCUT2D eigenvalue weighted by Crippen LogP contribution is 2.06. The van der Waals surface area contributed by atoms with Gasteiger partial charge in [0.05, 0.1) is 0 Å². The van der Waals surface area contributed by atoms with Gasteiger partial charge in [-0.05, 0) is 45.1 Å². The molecule has 0 rings (SSSR count). The molecule has 1 atom stereocenters. The molecule has 0 bridgehead atoms. The third kappa shape index (κ3) is 6.91. The van der Waals surface area contributed by atoms with Crippen LogP contribution in [0.3, 0.4) is 0 Å². The molecule has 0 aromatic rings. The smallest absolute Gasteiger partial charge is 0.000726 e. The van der Waals surface area contributed by atoms with E-state index >= 15 is 0 Å². The minimum absolute atomic E-state index is 0.825. The van der Waals surface area contributed by atoms with Gasteiger partial charge in [-0.25, -0.2) is 0 Å². The fraction of sp³-hybridized carbons (Fsp3) is 1.00. The molecule has 0 N–H and O–H groups in total. The summed E-state index contributed by atoms with van der Waals surface area (Å²) in [5.41, 5.74) is 0. The van der Waals surface area contributed by atoms with Crippen molar-refractivity contribution in [3.8, 4) is 0 Å². The second kappa shape index (κ2) is 9.17. The van der Waals surface area contributed by atoms with Gasteiger partial charge >= 0.3 is 0 Å². The van der Waals surface area contributed by atoms with Gasteiger partial charge in [0.1, 0.15) is 0 Å². The lowest BCUT2D eigenvalue weighted by Gasteiger charge is -2.25. The lowest BCUT2D eigenvalue weighted by Crippen LogP contribution is -2.31. The zero-order valence-electron chi connectivity index (χ0n) is 11.4. The van der Waals surface area contributed by atoms with Crippen LogP contribution < -0.4 is 0 Å². The van der Waals surface area contributed by atoms with Crippen molar-refractivity contribution in [2.24, 2.45) is 5.92 Å². The molecule has 0 aromatic carbocycles. The molecule has 2 nitrogen and oxygen atoms in total. The quantitative estimate of drug-likeness (QED) is 0.582. The van der Waals surface area contributed by atoms with E-state index < -0.39 is 0 Å². The maximum atomic E-state index is 2.52. The van der Waals surface area contributed by atoms with E-state index in [1.807, 2.05) is 0 Å². The summed E-state index contributed by atoms with van der Waals surface area (Å²) in [4.78, 5) is 5.03. The van der Waals surface area contributed by atoms with Crippen molar-refractivity contribution in [1.82, 2.24) is 9.80 Å². The molecule has 15 heavy (non-hydrogen) atoms. The van der Waals surface area contributed by atoms with Gasteiger partial charge in [-0.1, -0.05) is 34.6 Å². The summed E-state index contributed by atoms with van der Waals surface area (Å²) < 4.78 is 0. The monoisotopic (exact) mass is 214 g/mol. The summed E-state index contributed by atoms with van der Waals surface area (Å²) in [5.74, 6) is 0.825. The Morgan fingerprint density at radius 2 is 1.27 bits per heavy atom. The van der Waals surface area contributed by atoms with Crippen molar-refractivity contribution in [3.63, 3.8) is 0 Å². The Balaban J connectivity index is 3.67. The van der Waals surface area contributed by atoms with E-state index in [2.05, 4.69) is 44.4 Å². The van der Waals surface area contributed by atoms with E-state index in [4.69, 9.17) is 0 Å². The van der Waals surface area contributed by atoms with Crippen molar-refractivity contribution >= 4 is 0 Å². The number of hydrogen-bond acceptors (Lipinski definition) is 2. The normalized spacial score (nSPS) is 13.8. The second-order valence-corrected chi connectivity index (χ2v) is 4.41. The van der Waals surface area contributed by atoms with Gasteiger partial charge in [0.2, 0.25) is 0 Å². The molecule has 92 valence electrons. The standard InChI is InChI=1S/C13H30N2/c1-6-14(7-2)11-10-13(5)12-15(8-3)9-4/h13H,6-12H2,1-5H3. The van der Waals surface area contributed by atoms with Crippen LogP contribution in [0.15, 0.2) is 0 Å². The molecule has 0 saturated carbocycles. The Hall–Kier alpha value is -0.0800. The average molecular weight is 214 g/mol. The summed E-state index contributed by atoms with van der Waals surface area (Å²) in [5, 5.41) is 0. The first-order valence-corrected chi connectivity index (χ1v) is 6.62. The molecule has 0 fully saturated rings. The second-order valence-electron chi connectivity index (χ2n) is 4.41. The molecule has 0 aliphatic rings. The van der Waals surface area contributed by atoms with Gasteiger partial charge in [0.25, 0.3) is 0 Å². The largest absolute Gasteiger partial charge is 0.304 e. The third-order valence-electron chi connectivity index (χ3n) is 3.30. The molecular formula is C13H30N2. The van der Waals surface area contributed by atoms with Crippen LogP contribution in [0.2, 0.25) is 0 Å². The first-order chi connectivity index (χ1) is 7.17. The summed E-state index contributed by atoms with van der Waals surface area (Å²) in [6, 6.07) is 0. The van der Waals surface area contributed by atoms with Crippen LogP contribution in [-0.4, -0.2) is 49.1 Å². The van der Waals surface area contributed by atoms with Gasteiger partial charge in [-0.2, -0.15) is 0 Å². The predicted molar refractivity (Wildman–Crippen MR) is 69.4 cm³/mol. The van der Waals surface area contributed by atoms with Crippen LogP contribution >= 0.6 is 0 Å². The average Bonchev–Trinajstić information content (AvgIpc) is 2.27. The Kier molecular flexibility index (Phi) is 9.12. The van der Waals surface area contributed by atoms with E-state index in [1.165, 1.54) is 45.7 Å². The zero-order valence-corrected chi connectivity index (χ0v) is 11.4. The van der Waals surface area contributed by atoms with E-state index in [1.54, 1.807) is 0 Å². The van der Waals surface area contributed by atoms with Crippen LogP contribution in [0.4, 0.5) is 0 Å². The zero-order chi connectivity index (χ0) is 11.7. The lowest BCUT2D eigenvalue weighted by molar-refractivity contribution is 0.226. The molecule has 1 unspecified atom stereocenters. The molecule has 0 aliphatic heterocycles. The topological polar surface area (TPSA) is 6.48 Å². The first kappa shape index (κ1) is 14.9. The number of nitrogens with zero attached hydrogens (tertiary/aromatic N) is 2. The van der Waals surface area contributed by atoms with Gasteiger partial charge in [0.15, 0.2) is 0 Å². The Morgan fingerprint density at radius 1 is 0.800 bits per heavy atom. The van der Waals surface area contributed by atoms with Crippen LogP contribution in [0.5, 0.6) is 0 Å². The van der Waals surface area contributed by atoms with Crippen molar-refractivity contribution in [2.45, 2.75) is 41.0 Å². The minimum atomic E-state index is 0.825. The molecule has 0 heterocycles. The lowest BCUT2D eigenvalue weighted by atomic mass is 10.1. The molecule has 0 aromatic heterocycles. The number of rotatable bonds is 9. The van der Waals surface area contributed by atoms with Crippen LogP contribution in [0.25, 0.3) is 0 Å². The highest BCUT2D eigenvalue weighted by atomic mass is 15.1. The van der Waals surface area contributed by atoms with Gasteiger partial charge < -0.3 is 9.80 Å². The van der Waals surface area contributed by atoms with Crippen molar-refractivity contribution in [2.75, 3.05) is 39.3 Å². The summed E-state index contributed by atoms with van der Waals surface area (Å²) in [6.07, 6.45) is 1.33. The molecule has 0 aliphatic carbocycles. The van der Waals surface area contributed by atoms with Crippen LogP contribution in [-0.2, 0) is 0 Å². The highest BCUT2D eigenvalue weighted by molar-refractivity contribution is 4.63.